The molecule has 52 valence electrons. The van der Waals surface area contributed by atoms with Gasteiger partial charge in [0.05, 0.1) is 0 Å². The molecule has 0 bridgehead atoms. The van der Waals surface area contributed by atoms with Crippen LogP contribution in [0.2, 0.25) is 0 Å². The molecule has 2 atom stereocenters. The molecular formula is C9H16. The summed E-state index contributed by atoms with van der Waals surface area (Å²) >= 11 is 0. The summed E-state index contributed by atoms with van der Waals surface area (Å²) in [4.78, 5) is 0. The van der Waals surface area contributed by atoms with Gasteiger partial charge in [-0.1, -0.05) is 26.2 Å². The first-order valence-electron chi connectivity index (χ1n) is 4.36. The van der Waals surface area contributed by atoms with Gasteiger partial charge in [0.2, 0.25) is 0 Å². The first-order chi connectivity index (χ1) is 4.36. The van der Waals surface area contributed by atoms with E-state index < -0.39 is 0 Å². The van der Waals surface area contributed by atoms with Crippen molar-refractivity contribution in [3.05, 3.63) is 0 Å². The van der Waals surface area contributed by atoms with Crippen molar-refractivity contribution in [2.75, 3.05) is 0 Å². The molecule has 0 aliphatic heterocycles. The second kappa shape index (κ2) is 2.00. The van der Waals surface area contributed by atoms with E-state index in [9.17, 15) is 0 Å². The summed E-state index contributed by atoms with van der Waals surface area (Å²) in [6.07, 6.45) is 7.72. The molecule has 2 saturated carbocycles. The van der Waals surface area contributed by atoms with E-state index in [1.807, 2.05) is 0 Å². The Hall–Kier alpha value is 0. The summed E-state index contributed by atoms with van der Waals surface area (Å²) in [6, 6.07) is 0. The minimum atomic E-state index is 1.06. The molecule has 0 aromatic heterocycles. The lowest BCUT2D eigenvalue weighted by Gasteiger charge is -2.04. The number of hydrogen-bond acceptors (Lipinski definition) is 0. The minimum Gasteiger partial charge on any atom is -0.0625 e. The van der Waals surface area contributed by atoms with E-state index in [0.29, 0.717) is 0 Å². The smallest absolute Gasteiger partial charge is 0.0383 e. The predicted octanol–water partition coefficient (Wildman–Crippen LogP) is 2.83. The van der Waals surface area contributed by atoms with E-state index in [4.69, 9.17) is 0 Å². The van der Waals surface area contributed by atoms with Gasteiger partial charge in [0, 0.05) is 0 Å². The third kappa shape index (κ3) is 0.889. The molecule has 9 heavy (non-hydrogen) atoms. The summed E-state index contributed by atoms with van der Waals surface area (Å²) < 4.78 is 0. The Bertz CT molecular complexity index is 94.6. The van der Waals surface area contributed by atoms with Crippen LogP contribution in [-0.4, -0.2) is 0 Å². The fraction of sp³-hybridized carbons (Fsp3) is 1.00. The zero-order valence-corrected chi connectivity index (χ0v) is 6.27. The first kappa shape index (κ1) is 5.76. The van der Waals surface area contributed by atoms with E-state index in [-0.39, 0.29) is 0 Å². The van der Waals surface area contributed by atoms with Crippen LogP contribution in [0.5, 0.6) is 0 Å². The van der Waals surface area contributed by atoms with Gasteiger partial charge in [-0.2, -0.15) is 0 Å². The van der Waals surface area contributed by atoms with Crippen LogP contribution in [0, 0.1) is 17.8 Å². The highest BCUT2D eigenvalue weighted by Gasteiger charge is 2.34. The average molecular weight is 124 g/mol. The summed E-state index contributed by atoms with van der Waals surface area (Å²) in [5.74, 6) is 3.36. The Balaban J connectivity index is 2.02. The predicted molar refractivity (Wildman–Crippen MR) is 39.2 cm³/mol. The monoisotopic (exact) mass is 124 g/mol. The van der Waals surface area contributed by atoms with Gasteiger partial charge in [-0.25, -0.2) is 0 Å². The molecule has 0 heteroatoms. The van der Waals surface area contributed by atoms with Crippen LogP contribution in [0.3, 0.4) is 0 Å². The largest absolute Gasteiger partial charge is 0.0625 e. The fourth-order valence-electron chi connectivity index (χ4n) is 2.86. The standard InChI is InChI=1S/C9H16/c1-7-5-8-3-2-4-9(8)6-7/h7-9H,2-6H2,1H3/t8-,9-/m1/s1. The molecule has 0 amide bonds. The van der Waals surface area contributed by atoms with Crippen LogP contribution in [0.15, 0.2) is 0 Å². The van der Waals surface area contributed by atoms with Crippen LogP contribution >= 0.6 is 0 Å². The van der Waals surface area contributed by atoms with Crippen molar-refractivity contribution in [1.82, 2.24) is 0 Å². The van der Waals surface area contributed by atoms with Crippen LogP contribution in [0.25, 0.3) is 0 Å². The van der Waals surface area contributed by atoms with Gasteiger partial charge >= 0.3 is 0 Å². The van der Waals surface area contributed by atoms with E-state index in [0.717, 1.165) is 17.8 Å². The van der Waals surface area contributed by atoms with E-state index in [2.05, 4.69) is 6.92 Å². The van der Waals surface area contributed by atoms with Gasteiger partial charge < -0.3 is 0 Å². The Morgan fingerprint density at radius 2 is 1.56 bits per heavy atom. The molecule has 0 spiro atoms. The summed E-state index contributed by atoms with van der Waals surface area (Å²) in [5.41, 5.74) is 0. The van der Waals surface area contributed by atoms with Crippen LogP contribution in [0.1, 0.15) is 39.0 Å². The maximum absolute atomic E-state index is 2.42. The van der Waals surface area contributed by atoms with E-state index >= 15 is 0 Å². The SMILES string of the molecule is CC1C[C@H]2CCC[C@@H]2C1. The van der Waals surface area contributed by atoms with Gasteiger partial charge in [0.25, 0.3) is 0 Å². The average Bonchev–Trinajstić information content (AvgIpc) is 2.22. The molecule has 2 fully saturated rings. The van der Waals surface area contributed by atoms with Crippen molar-refractivity contribution in [2.45, 2.75) is 39.0 Å². The second-order valence-electron chi connectivity index (χ2n) is 4.03. The van der Waals surface area contributed by atoms with Crippen LogP contribution in [-0.2, 0) is 0 Å². The normalized spacial score (nSPS) is 43.7. The lowest BCUT2D eigenvalue weighted by atomic mass is 10.0. The van der Waals surface area contributed by atoms with Gasteiger partial charge in [0.15, 0.2) is 0 Å². The van der Waals surface area contributed by atoms with Crippen LogP contribution < -0.4 is 0 Å². The molecule has 2 aliphatic carbocycles. The number of fused-ring (bicyclic) bond motifs is 1. The van der Waals surface area contributed by atoms with E-state index in [1.54, 1.807) is 25.7 Å². The molecule has 0 aromatic carbocycles. The molecular weight excluding hydrogens is 108 g/mol. The fourth-order valence-corrected chi connectivity index (χ4v) is 2.86. The van der Waals surface area contributed by atoms with Gasteiger partial charge in [-0.3, -0.25) is 0 Å². The van der Waals surface area contributed by atoms with Crippen molar-refractivity contribution in [1.29, 1.82) is 0 Å². The lowest BCUT2D eigenvalue weighted by molar-refractivity contribution is 0.457. The Morgan fingerprint density at radius 1 is 1.00 bits per heavy atom. The number of rotatable bonds is 0. The zero-order valence-electron chi connectivity index (χ0n) is 6.27. The Labute approximate surface area is 57.6 Å². The highest BCUT2D eigenvalue weighted by molar-refractivity contribution is 4.85. The van der Waals surface area contributed by atoms with Crippen molar-refractivity contribution >= 4 is 0 Å². The van der Waals surface area contributed by atoms with E-state index in [1.165, 1.54) is 6.42 Å². The molecule has 0 nitrogen and oxygen atoms in total. The third-order valence-corrected chi connectivity index (χ3v) is 3.23. The van der Waals surface area contributed by atoms with Crippen molar-refractivity contribution < 1.29 is 0 Å². The maximum atomic E-state index is 2.42. The lowest BCUT2D eigenvalue weighted by Crippen LogP contribution is -1.95. The molecule has 0 heterocycles. The van der Waals surface area contributed by atoms with Crippen molar-refractivity contribution in [3.8, 4) is 0 Å². The topological polar surface area (TPSA) is 0 Å². The van der Waals surface area contributed by atoms with Crippen molar-refractivity contribution in [2.24, 2.45) is 17.8 Å². The summed E-state index contributed by atoms with van der Waals surface area (Å²) in [6.45, 7) is 2.42. The highest BCUT2D eigenvalue weighted by Crippen LogP contribution is 2.46. The quantitative estimate of drug-likeness (QED) is 0.466. The molecule has 2 aliphatic rings. The van der Waals surface area contributed by atoms with Gasteiger partial charge in [0.1, 0.15) is 0 Å². The molecule has 2 rings (SSSR count). The maximum Gasteiger partial charge on any atom is -0.0383 e. The second-order valence-corrected chi connectivity index (χ2v) is 4.03. The number of hydrogen-bond donors (Lipinski definition) is 0. The molecule has 0 saturated heterocycles. The molecule has 0 radical (unpaired) electrons. The van der Waals surface area contributed by atoms with Crippen molar-refractivity contribution in [3.63, 3.8) is 0 Å². The summed E-state index contributed by atoms with van der Waals surface area (Å²) in [5, 5.41) is 0. The van der Waals surface area contributed by atoms with Gasteiger partial charge in [-0.05, 0) is 30.6 Å². The molecule has 0 unspecified atom stereocenters. The zero-order chi connectivity index (χ0) is 6.27. The minimum absolute atomic E-state index is 1.06. The first-order valence-corrected chi connectivity index (χ1v) is 4.36. The Morgan fingerprint density at radius 3 is 2.11 bits per heavy atom. The summed E-state index contributed by atoms with van der Waals surface area (Å²) in [7, 11) is 0. The van der Waals surface area contributed by atoms with Crippen LogP contribution in [0.4, 0.5) is 0 Å². The molecule has 0 aromatic rings. The molecule has 0 N–H and O–H groups in total. The Kier molecular flexibility index (Phi) is 1.28. The third-order valence-electron chi connectivity index (χ3n) is 3.23. The van der Waals surface area contributed by atoms with Gasteiger partial charge in [-0.15, -0.1) is 0 Å². The highest BCUT2D eigenvalue weighted by atomic mass is 14.4.